The van der Waals surface area contributed by atoms with Crippen LogP contribution in [0.4, 0.5) is 5.82 Å². The molecular formula is C23H25N7OS. The molecule has 2 aliphatic heterocycles. The van der Waals surface area contributed by atoms with Gasteiger partial charge in [-0.25, -0.2) is 9.97 Å². The number of hydrogen-bond acceptors (Lipinski definition) is 9. The summed E-state index contributed by atoms with van der Waals surface area (Å²) in [7, 11) is 2.06. The van der Waals surface area contributed by atoms with Gasteiger partial charge in [-0.3, -0.25) is 0 Å². The topological polar surface area (TPSA) is 111 Å². The number of aromatic nitrogens is 4. The highest BCUT2D eigenvalue weighted by Crippen LogP contribution is 2.43. The van der Waals surface area contributed by atoms with E-state index in [-0.39, 0.29) is 16.8 Å². The molecule has 1 unspecified atom stereocenters. The van der Waals surface area contributed by atoms with Gasteiger partial charge in [-0.1, -0.05) is 6.07 Å². The van der Waals surface area contributed by atoms with Crippen molar-refractivity contribution in [1.29, 1.82) is 5.26 Å². The number of benzene rings is 1. The minimum Gasteiger partial charge on any atom is -0.507 e. The number of phenolic OH excluding ortho intramolecular Hbond substituents is 1. The van der Waals surface area contributed by atoms with Gasteiger partial charge in [-0.2, -0.15) is 5.26 Å². The Labute approximate surface area is 191 Å². The molecule has 9 heteroatoms. The SMILES string of the molecule is CN(c1cnc(-c2ccc(-c3nc(C#N)cs3)cc2O)nn1)C1C[C@]2(C)CC[C@](C)(C1)N2. The Morgan fingerprint density at radius 3 is 2.56 bits per heavy atom. The average Bonchev–Trinajstić information content (AvgIpc) is 3.34. The summed E-state index contributed by atoms with van der Waals surface area (Å²) in [6.07, 6.45) is 6.25. The first-order valence-corrected chi connectivity index (χ1v) is 11.6. The van der Waals surface area contributed by atoms with E-state index in [1.54, 1.807) is 23.7 Å². The zero-order valence-electron chi connectivity index (χ0n) is 18.3. The maximum absolute atomic E-state index is 10.6. The molecule has 0 radical (unpaired) electrons. The van der Waals surface area contributed by atoms with Gasteiger partial charge >= 0.3 is 0 Å². The molecule has 2 fully saturated rings. The van der Waals surface area contributed by atoms with Gasteiger partial charge in [0.25, 0.3) is 0 Å². The largest absolute Gasteiger partial charge is 0.507 e. The summed E-state index contributed by atoms with van der Waals surface area (Å²) in [5, 5.41) is 34.4. The van der Waals surface area contributed by atoms with E-state index >= 15 is 0 Å². The third-order valence-electron chi connectivity index (χ3n) is 6.77. The molecule has 32 heavy (non-hydrogen) atoms. The minimum absolute atomic E-state index is 0.0508. The van der Waals surface area contributed by atoms with Gasteiger partial charge < -0.3 is 15.3 Å². The van der Waals surface area contributed by atoms with E-state index in [0.29, 0.717) is 28.1 Å². The van der Waals surface area contributed by atoms with Crippen LogP contribution in [-0.4, -0.2) is 49.4 Å². The molecule has 2 bridgehead atoms. The van der Waals surface area contributed by atoms with E-state index in [0.717, 1.165) is 24.2 Å². The number of nitrogens with zero attached hydrogens (tertiary/aromatic N) is 6. The Kier molecular flexibility index (Phi) is 4.87. The monoisotopic (exact) mass is 447 g/mol. The molecule has 2 aromatic heterocycles. The molecule has 0 saturated carbocycles. The zero-order chi connectivity index (χ0) is 22.5. The highest BCUT2D eigenvalue weighted by molar-refractivity contribution is 7.13. The molecule has 2 saturated heterocycles. The van der Waals surface area contributed by atoms with E-state index in [2.05, 4.69) is 51.3 Å². The minimum atomic E-state index is 0.0508. The van der Waals surface area contributed by atoms with Crippen molar-refractivity contribution in [3.8, 4) is 33.8 Å². The molecule has 0 aliphatic carbocycles. The van der Waals surface area contributed by atoms with Crippen molar-refractivity contribution >= 4 is 17.2 Å². The predicted octanol–water partition coefficient (Wildman–Crippen LogP) is 3.74. The summed E-state index contributed by atoms with van der Waals surface area (Å²) in [5.41, 5.74) is 1.96. The van der Waals surface area contributed by atoms with E-state index < -0.39 is 0 Å². The van der Waals surface area contributed by atoms with Gasteiger partial charge in [0, 0.05) is 35.1 Å². The Morgan fingerprint density at radius 1 is 1.22 bits per heavy atom. The highest BCUT2D eigenvalue weighted by Gasteiger charge is 2.49. The second-order valence-corrected chi connectivity index (χ2v) is 10.3. The first kappa shape index (κ1) is 20.8. The molecule has 1 aromatic carbocycles. The number of piperidine rings is 1. The molecule has 164 valence electrons. The van der Waals surface area contributed by atoms with Crippen LogP contribution < -0.4 is 10.2 Å². The standard InChI is InChI=1S/C23H25N7OS/c1-22-6-7-23(2,29-22)10-16(9-22)30(3)19-12-25-20(28-27-19)17-5-4-14(8-18(17)31)21-26-15(11-24)13-32-21/h4-5,8,12-13,16,29,31H,6-7,9-10H2,1-3H3/t16?,22-,23+. The fourth-order valence-electron chi connectivity index (χ4n) is 5.15. The number of thiazole rings is 1. The van der Waals surface area contributed by atoms with E-state index in [1.807, 2.05) is 12.1 Å². The molecular weight excluding hydrogens is 422 g/mol. The third kappa shape index (κ3) is 3.70. The molecule has 2 N–H and O–H groups in total. The third-order valence-corrected chi connectivity index (χ3v) is 7.66. The first-order valence-electron chi connectivity index (χ1n) is 10.7. The van der Waals surface area contributed by atoms with Gasteiger partial charge in [0.05, 0.1) is 11.8 Å². The summed E-state index contributed by atoms with van der Waals surface area (Å²) < 4.78 is 0. The van der Waals surface area contributed by atoms with Crippen molar-refractivity contribution in [3.63, 3.8) is 0 Å². The van der Waals surface area contributed by atoms with E-state index in [4.69, 9.17) is 5.26 Å². The zero-order valence-corrected chi connectivity index (χ0v) is 19.1. The van der Waals surface area contributed by atoms with Crippen LogP contribution in [0.5, 0.6) is 5.75 Å². The summed E-state index contributed by atoms with van der Waals surface area (Å²) in [6.45, 7) is 4.62. The van der Waals surface area contributed by atoms with Gasteiger partial charge in [-0.15, -0.1) is 21.5 Å². The maximum Gasteiger partial charge on any atom is 0.185 e. The lowest BCUT2D eigenvalue weighted by atomic mass is 9.84. The quantitative estimate of drug-likeness (QED) is 0.622. The Bertz CT molecular complexity index is 1190. The van der Waals surface area contributed by atoms with Crippen LogP contribution in [0.3, 0.4) is 0 Å². The number of nitriles is 1. The van der Waals surface area contributed by atoms with Crippen molar-refractivity contribution in [2.75, 3.05) is 11.9 Å². The Balaban J connectivity index is 1.35. The van der Waals surface area contributed by atoms with Crippen molar-refractivity contribution in [3.05, 3.63) is 35.5 Å². The number of nitrogens with one attached hydrogen (secondary N) is 1. The second kappa shape index (κ2) is 7.50. The lowest BCUT2D eigenvalue weighted by Gasteiger charge is -2.45. The Hall–Kier alpha value is -3.09. The van der Waals surface area contributed by atoms with E-state index in [9.17, 15) is 5.11 Å². The lowest BCUT2D eigenvalue weighted by Crippen LogP contribution is -2.58. The molecule has 5 rings (SSSR count). The molecule has 4 heterocycles. The molecule has 8 nitrogen and oxygen atoms in total. The normalized spacial score (nSPS) is 26.6. The fraction of sp³-hybridized carbons (Fsp3) is 0.435. The lowest BCUT2D eigenvalue weighted by molar-refractivity contribution is 0.207. The van der Waals surface area contributed by atoms with E-state index in [1.165, 1.54) is 24.2 Å². The van der Waals surface area contributed by atoms with Crippen LogP contribution in [0.15, 0.2) is 29.8 Å². The molecule has 2 aliphatic rings. The van der Waals surface area contributed by atoms with Crippen molar-refractivity contribution in [2.24, 2.45) is 0 Å². The smallest absolute Gasteiger partial charge is 0.185 e. The predicted molar refractivity (Wildman–Crippen MR) is 123 cm³/mol. The van der Waals surface area contributed by atoms with Gasteiger partial charge in [0.15, 0.2) is 17.3 Å². The maximum atomic E-state index is 10.6. The van der Waals surface area contributed by atoms with Crippen LogP contribution in [0.2, 0.25) is 0 Å². The van der Waals surface area contributed by atoms with Crippen LogP contribution >= 0.6 is 11.3 Å². The van der Waals surface area contributed by atoms with Crippen molar-refractivity contribution < 1.29 is 5.11 Å². The molecule has 0 amide bonds. The number of rotatable bonds is 4. The first-order chi connectivity index (χ1) is 15.3. The van der Waals surface area contributed by atoms with Crippen LogP contribution in [0.1, 0.15) is 45.2 Å². The molecule has 3 aromatic rings. The number of anilines is 1. The fourth-order valence-corrected chi connectivity index (χ4v) is 5.89. The van der Waals surface area contributed by atoms with Crippen LogP contribution in [0.25, 0.3) is 22.0 Å². The number of fused-ring (bicyclic) bond motifs is 2. The average molecular weight is 448 g/mol. The van der Waals surface area contributed by atoms with Gasteiger partial charge in [-0.05, 0) is 51.7 Å². The Morgan fingerprint density at radius 2 is 1.97 bits per heavy atom. The number of hydrogen-bond donors (Lipinski definition) is 2. The highest BCUT2D eigenvalue weighted by atomic mass is 32.1. The van der Waals surface area contributed by atoms with Crippen molar-refractivity contribution in [1.82, 2.24) is 25.5 Å². The van der Waals surface area contributed by atoms with Crippen LogP contribution in [0, 0.1) is 11.3 Å². The summed E-state index contributed by atoms with van der Waals surface area (Å²) >= 11 is 1.36. The second-order valence-electron chi connectivity index (χ2n) is 9.44. The number of phenols is 1. The number of aromatic hydroxyl groups is 1. The van der Waals surface area contributed by atoms with Crippen molar-refractivity contribution in [2.45, 2.75) is 56.7 Å². The molecule has 0 spiro atoms. The van der Waals surface area contributed by atoms with Gasteiger partial charge in [0.1, 0.15) is 16.8 Å². The van der Waals surface area contributed by atoms with Gasteiger partial charge in [0.2, 0.25) is 0 Å². The van der Waals surface area contributed by atoms with Crippen LogP contribution in [-0.2, 0) is 0 Å². The summed E-state index contributed by atoms with van der Waals surface area (Å²) in [5.74, 6) is 1.15. The summed E-state index contributed by atoms with van der Waals surface area (Å²) in [6, 6.07) is 7.60. The molecule has 3 atom stereocenters. The summed E-state index contributed by atoms with van der Waals surface area (Å²) in [4.78, 5) is 10.9.